The highest BCUT2D eigenvalue weighted by molar-refractivity contribution is 5.74. The van der Waals surface area contributed by atoms with Crippen molar-refractivity contribution in [3.63, 3.8) is 0 Å². The summed E-state index contributed by atoms with van der Waals surface area (Å²) < 4.78 is 0. The highest BCUT2D eigenvalue weighted by Gasteiger charge is 2.23. The van der Waals surface area contributed by atoms with Crippen LogP contribution in [0.2, 0.25) is 0 Å². The van der Waals surface area contributed by atoms with Gasteiger partial charge in [-0.25, -0.2) is 4.79 Å². The van der Waals surface area contributed by atoms with E-state index < -0.39 is 0 Å². The van der Waals surface area contributed by atoms with Crippen LogP contribution < -0.4 is 10.2 Å². The SMILES string of the molecule is O=C(NCC1CCN(Cc2ccccc2)CC1)N1CCN(c2ccccc2)CC1. The first-order valence-electron chi connectivity index (χ1n) is 10.9. The number of amides is 2. The Morgan fingerprint density at radius 3 is 2.10 bits per heavy atom. The second-order valence-corrected chi connectivity index (χ2v) is 8.20. The Bertz CT molecular complexity index is 751. The molecule has 4 rings (SSSR count). The molecule has 154 valence electrons. The third-order valence-corrected chi connectivity index (χ3v) is 6.19. The van der Waals surface area contributed by atoms with E-state index in [1.165, 1.54) is 11.3 Å². The highest BCUT2D eigenvalue weighted by Crippen LogP contribution is 2.19. The van der Waals surface area contributed by atoms with Gasteiger partial charge in [-0.05, 0) is 49.5 Å². The minimum Gasteiger partial charge on any atom is -0.368 e. The van der Waals surface area contributed by atoms with Crippen molar-refractivity contribution in [1.29, 1.82) is 0 Å². The van der Waals surface area contributed by atoms with Gasteiger partial charge >= 0.3 is 6.03 Å². The van der Waals surface area contributed by atoms with Gasteiger partial charge in [0.25, 0.3) is 0 Å². The maximum absolute atomic E-state index is 12.6. The average molecular weight is 393 g/mol. The number of anilines is 1. The van der Waals surface area contributed by atoms with Crippen LogP contribution in [0.15, 0.2) is 60.7 Å². The van der Waals surface area contributed by atoms with Gasteiger partial charge in [-0.2, -0.15) is 0 Å². The van der Waals surface area contributed by atoms with E-state index in [4.69, 9.17) is 0 Å². The molecule has 2 heterocycles. The van der Waals surface area contributed by atoms with Crippen LogP contribution in [-0.2, 0) is 6.54 Å². The molecule has 0 atom stereocenters. The van der Waals surface area contributed by atoms with Gasteiger partial charge in [-0.3, -0.25) is 4.90 Å². The Labute approximate surface area is 174 Å². The molecule has 1 N–H and O–H groups in total. The van der Waals surface area contributed by atoms with Crippen molar-refractivity contribution in [2.24, 2.45) is 5.92 Å². The molecule has 5 heteroatoms. The third-order valence-electron chi connectivity index (χ3n) is 6.19. The highest BCUT2D eigenvalue weighted by atomic mass is 16.2. The molecule has 0 aromatic heterocycles. The molecule has 2 fully saturated rings. The Hall–Kier alpha value is -2.53. The summed E-state index contributed by atoms with van der Waals surface area (Å²) >= 11 is 0. The van der Waals surface area contributed by atoms with Crippen molar-refractivity contribution >= 4 is 11.7 Å². The van der Waals surface area contributed by atoms with Crippen LogP contribution in [0.1, 0.15) is 18.4 Å². The third kappa shape index (κ3) is 5.51. The minimum absolute atomic E-state index is 0.101. The lowest BCUT2D eigenvalue weighted by Gasteiger charge is -2.37. The average Bonchev–Trinajstić information content (AvgIpc) is 2.80. The summed E-state index contributed by atoms with van der Waals surface area (Å²) in [6.07, 6.45) is 2.32. The normalized spacial score (nSPS) is 18.6. The Balaban J connectivity index is 1.15. The number of piperidine rings is 1. The van der Waals surface area contributed by atoms with Gasteiger partial charge in [0.2, 0.25) is 0 Å². The molecule has 2 aliphatic heterocycles. The van der Waals surface area contributed by atoms with Crippen LogP contribution in [0.25, 0.3) is 0 Å². The number of piperazine rings is 1. The fraction of sp³-hybridized carbons (Fsp3) is 0.458. The summed E-state index contributed by atoms with van der Waals surface area (Å²) in [5.41, 5.74) is 2.63. The number of nitrogens with one attached hydrogen (secondary N) is 1. The maximum atomic E-state index is 12.6. The van der Waals surface area contributed by atoms with Crippen LogP contribution >= 0.6 is 0 Å². The van der Waals surface area contributed by atoms with Crippen LogP contribution in [0.4, 0.5) is 10.5 Å². The molecule has 29 heavy (non-hydrogen) atoms. The molecule has 2 aliphatic rings. The first kappa shape index (κ1) is 19.8. The molecule has 0 saturated carbocycles. The maximum Gasteiger partial charge on any atom is 0.317 e. The zero-order valence-electron chi connectivity index (χ0n) is 17.2. The number of carbonyl (C=O) groups excluding carboxylic acids is 1. The smallest absolute Gasteiger partial charge is 0.317 e. The summed E-state index contributed by atoms with van der Waals surface area (Å²) in [4.78, 5) is 19.4. The Morgan fingerprint density at radius 1 is 0.828 bits per heavy atom. The van der Waals surface area contributed by atoms with Crippen molar-refractivity contribution in [1.82, 2.24) is 15.1 Å². The number of nitrogens with zero attached hydrogens (tertiary/aromatic N) is 3. The second kappa shape index (κ2) is 9.79. The fourth-order valence-electron chi connectivity index (χ4n) is 4.34. The second-order valence-electron chi connectivity index (χ2n) is 8.20. The molecule has 0 radical (unpaired) electrons. The summed E-state index contributed by atoms with van der Waals surface area (Å²) in [7, 11) is 0. The molecule has 0 bridgehead atoms. The molecular formula is C24H32N4O. The van der Waals surface area contributed by atoms with E-state index >= 15 is 0 Å². The Kier molecular flexibility index (Phi) is 6.67. The van der Waals surface area contributed by atoms with Crippen LogP contribution in [0, 0.1) is 5.92 Å². The first-order valence-corrected chi connectivity index (χ1v) is 10.9. The molecule has 2 saturated heterocycles. The van der Waals surface area contributed by atoms with Gasteiger partial charge in [0.05, 0.1) is 0 Å². The molecule has 0 unspecified atom stereocenters. The van der Waals surface area contributed by atoms with Crippen LogP contribution in [-0.4, -0.2) is 61.6 Å². The lowest BCUT2D eigenvalue weighted by Crippen LogP contribution is -2.52. The number of benzene rings is 2. The van der Waals surface area contributed by atoms with E-state index in [1.54, 1.807) is 0 Å². The summed E-state index contributed by atoms with van der Waals surface area (Å²) in [5.74, 6) is 0.594. The molecule has 0 aliphatic carbocycles. The fourth-order valence-corrected chi connectivity index (χ4v) is 4.34. The zero-order chi connectivity index (χ0) is 19.9. The lowest BCUT2D eigenvalue weighted by molar-refractivity contribution is 0.167. The number of rotatable bonds is 5. The van der Waals surface area contributed by atoms with Crippen molar-refractivity contribution in [2.75, 3.05) is 50.7 Å². The number of hydrogen-bond donors (Lipinski definition) is 1. The van der Waals surface area contributed by atoms with Crippen molar-refractivity contribution in [3.05, 3.63) is 66.2 Å². The van der Waals surface area contributed by atoms with E-state index in [0.29, 0.717) is 5.92 Å². The van der Waals surface area contributed by atoms with Crippen LogP contribution in [0.5, 0.6) is 0 Å². The molecular weight excluding hydrogens is 360 g/mol. The number of hydrogen-bond acceptors (Lipinski definition) is 3. The minimum atomic E-state index is 0.101. The zero-order valence-corrected chi connectivity index (χ0v) is 17.2. The Morgan fingerprint density at radius 2 is 1.45 bits per heavy atom. The molecule has 5 nitrogen and oxygen atoms in total. The summed E-state index contributed by atoms with van der Waals surface area (Å²) in [5, 5.41) is 3.19. The first-order chi connectivity index (χ1) is 14.3. The largest absolute Gasteiger partial charge is 0.368 e. The van der Waals surface area contributed by atoms with Crippen molar-refractivity contribution in [2.45, 2.75) is 19.4 Å². The van der Waals surface area contributed by atoms with Gasteiger partial charge in [-0.15, -0.1) is 0 Å². The van der Waals surface area contributed by atoms with E-state index in [2.05, 4.69) is 69.7 Å². The molecule has 0 spiro atoms. The van der Waals surface area contributed by atoms with E-state index in [0.717, 1.165) is 65.2 Å². The number of para-hydroxylation sites is 1. The van der Waals surface area contributed by atoms with E-state index in [-0.39, 0.29) is 6.03 Å². The van der Waals surface area contributed by atoms with Crippen molar-refractivity contribution < 1.29 is 4.79 Å². The van der Waals surface area contributed by atoms with Gasteiger partial charge in [0.15, 0.2) is 0 Å². The van der Waals surface area contributed by atoms with E-state index in [1.807, 2.05) is 11.0 Å². The van der Waals surface area contributed by atoms with Crippen molar-refractivity contribution in [3.8, 4) is 0 Å². The molecule has 2 aromatic rings. The quantitative estimate of drug-likeness (QED) is 0.847. The monoisotopic (exact) mass is 392 g/mol. The standard InChI is InChI=1S/C24H32N4O/c29-24(28-17-15-27(16-18-28)23-9-5-2-6-10-23)25-19-21-11-13-26(14-12-21)20-22-7-3-1-4-8-22/h1-10,21H,11-20H2,(H,25,29). The van der Waals surface area contributed by atoms with Gasteiger partial charge in [-0.1, -0.05) is 48.5 Å². The predicted molar refractivity (Wildman–Crippen MR) is 118 cm³/mol. The van der Waals surface area contributed by atoms with Gasteiger partial charge < -0.3 is 15.1 Å². The number of urea groups is 1. The molecule has 2 amide bonds. The topological polar surface area (TPSA) is 38.8 Å². The van der Waals surface area contributed by atoms with E-state index in [9.17, 15) is 4.79 Å². The van der Waals surface area contributed by atoms with Gasteiger partial charge in [0.1, 0.15) is 0 Å². The summed E-state index contributed by atoms with van der Waals surface area (Å²) in [6.45, 7) is 7.44. The van der Waals surface area contributed by atoms with Gasteiger partial charge in [0, 0.05) is 45.0 Å². The predicted octanol–water partition coefficient (Wildman–Crippen LogP) is 3.43. The lowest BCUT2D eigenvalue weighted by atomic mass is 9.96. The molecule has 2 aromatic carbocycles. The van der Waals surface area contributed by atoms with Crippen LogP contribution in [0.3, 0.4) is 0 Å². The number of carbonyl (C=O) groups is 1. The number of likely N-dealkylation sites (tertiary alicyclic amines) is 1. The summed E-state index contributed by atoms with van der Waals surface area (Å²) in [6, 6.07) is 21.2.